The van der Waals surface area contributed by atoms with Crippen molar-refractivity contribution in [2.75, 3.05) is 19.7 Å². The van der Waals surface area contributed by atoms with Gasteiger partial charge in [-0.25, -0.2) is 9.78 Å². The minimum absolute atomic E-state index is 0.285. The number of para-hydroxylation sites is 1. The maximum absolute atomic E-state index is 12.1. The van der Waals surface area contributed by atoms with Crippen LogP contribution in [-0.2, 0) is 19.1 Å². The van der Waals surface area contributed by atoms with Crippen LogP contribution in [0.4, 0.5) is 0 Å². The smallest absolute Gasteiger partial charge is 0.331 e. The number of carbonyl (C=O) groups excluding carboxylic acids is 3. The number of benzene rings is 1. The average Bonchev–Trinajstić information content (AvgIpc) is 3.07. The van der Waals surface area contributed by atoms with E-state index in [4.69, 9.17) is 10.5 Å². The fourth-order valence-corrected chi connectivity index (χ4v) is 3.68. The lowest BCUT2D eigenvalue weighted by atomic mass is 9.97. The van der Waals surface area contributed by atoms with E-state index in [1.165, 1.54) is 22.3 Å². The average molecular weight is 373 g/mol. The quantitative estimate of drug-likeness (QED) is 0.633. The van der Waals surface area contributed by atoms with Crippen molar-refractivity contribution in [3.8, 4) is 0 Å². The van der Waals surface area contributed by atoms with Crippen LogP contribution in [0.2, 0.25) is 0 Å². The van der Waals surface area contributed by atoms with Crippen LogP contribution in [0.3, 0.4) is 0 Å². The van der Waals surface area contributed by atoms with Gasteiger partial charge in [-0.05, 0) is 31.1 Å². The number of hydrogen-bond acceptors (Lipinski definition) is 6. The zero-order valence-corrected chi connectivity index (χ0v) is 14.9. The lowest BCUT2D eigenvalue weighted by Gasteiger charge is -2.30. The maximum Gasteiger partial charge on any atom is 0.331 e. The minimum atomic E-state index is -0.610. The molecule has 2 heterocycles. The van der Waals surface area contributed by atoms with Gasteiger partial charge in [-0.1, -0.05) is 12.1 Å². The van der Waals surface area contributed by atoms with Gasteiger partial charge in [-0.15, -0.1) is 11.3 Å². The molecule has 1 saturated heterocycles. The van der Waals surface area contributed by atoms with Crippen molar-refractivity contribution in [3.05, 3.63) is 35.3 Å². The summed E-state index contributed by atoms with van der Waals surface area (Å²) in [5.74, 6) is -1.67. The molecule has 1 atom stereocenters. The topological polar surface area (TPSA) is 103 Å². The van der Waals surface area contributed by atoms with Crippen LogP contribution in [0.15, 0.2) is 30.3 Å². The summed E-state index contributed by atoms with van der Waals surface area (Å²) in [6, 6.07) is 7.69. The highest BCUT2D eigenvalue weighted by molar-refractivity contribution is 7.19. The lowest BCUT2D eigenvalue weighted by Crippen LogP contribution is -2.45. The summed E-state index contributed by atoms with van der Waals surface area (Å²) in [5.41, 5.74) is 6.17. The van der Waals surface area contributed by atoms with E-state index in [1.807, 2.05) is 24.3 Å². The van der Waals surface area contributed by atoms with Gasteiger partial charge in [0.15, 0.2) is 6.61 Å². The molecule has 0 saturated carbocycles. The number of nitrogens with two attached hydrogens (primary N) is 1. The summed E-state index contributed by atoms with van der Waals surface area (Å²) in [6.07, 6.45) is 4.23. The van der Waals surface area contributed by atoms with Crippen molar-refractivity contribution in [3.63, 3.8) is 0 Å². The molecule has 1 aliphatic heterocycles. The molecular weight excluding hydrogens is 354 g/mol. The summed E-state index contributed by atoms with van der Waals surface area (Å²) in [7, 11) is 0. The van der Waals surface area contributed by atoms with Gasteiger partial charge < -0.3 is 15.4 Å². The Morgan fingerprint density at radius 2 is 2.15 bits per heavy atom. The van der Waals surface area contributed by atoms with Gasteiger partial charge in [0.1, 0.15) is 5.01 Å². The number of aromatic nitrogens is 1. The number of thiazole rings is 1. The number of piperidine rings is 1. The maximum atomic E-state index is 12.1. The Morgan fingerprint density at radius 1 is 1.35 bits per heavy atom. The predicted molar refractivity (Wildman–Crippen MR) is 98.1 cm³/mol. The van der Waals surface area contributed by atoms with Crippen LogP contribution in [-0.4, -0.2) is 47.4 Å². The zero-order chi connectivity index (χ0) is 18.5. The van der Waals surface area contributed by atoms with Gasteiger partial charge >= 0.3 is 5.97 Å². The molecule has 2 N–H and O–H groups in total. The molecule has 0 bridgehead atoms. The molecule has 8 heteroatoms. The fraction of sp³-hybridized carbons (Fsp3) is 0.333. The predicted octanol–water partition coefficient (Wildman–Crippen LogP) is 1.58. The number of fused-ring (bicyclic) bond motifs is 1. The number of ether oxygens (including phenoxy) is 1. The van der Waals surface area contributed by atoms with E-state index in [0.29, 0.717) is 24.4 Å². The largest absolute Gasteiger partial charge is 0.452 e. The van der Waals surface area contributed by atoms with E-state index in [0.717, 1.165) is 10.2 Å². The number of esters is 1. The Morgan fingerprint density at radius 3 is 2.92 bits per heavy atom. The second-order valence-corrected chi connectivity index (χ2v) is 7.10. The highest BCUT2D eigenvalue weighted by atomic mass is 32.1. The van der Waals surface area contributed by atoms with Crippen molar-refractivity contribution >= 4 is 45.4 Å². The summed E-state index contributed by atoms with van der Waals surface area (Å²) in [4.78, 5) is 41.1. The normalized spacial score (nSPS) is 17.5. The molecule has 1 fully saturated rings. The van der Waals surface area contributed by atoms with E-state index < -0.39 is 11.9 Å². The molecule has 2 amide bonds. The molecular formula is C18H19N3O4S. The summed E-state index contributed by atoms with van der Waals surface area (Å²) < 4.78 is 6.02. The highest BCUT2D eigenvalue weighted by Gasteiger charge is 2.27. The van der Waals surface area contributed by atoms with Crippen LogP contribution < -0.4 is 5.73 Å². The third kappa shape index (κ3) is 4.45. The molecule has 1 aromatic carbocycles. The van der Waals surface area contributed by atoms with Gasteiger partial charge in [0, 0.05) is 19.2 Å². The molecule has 0 spiro atoms. The standard InChI is InChI=1S/C18H19N3O4S/c19-18(24)12-4-3-9-21(10-12)16(22)11-25-17(23)8-7-15-20-13-5-1-2-6-14(13)26-15/h1-2,5-8,12H,3-4,9-11H2,(H2,19,24)/b8-7+/t12-/m1/s1. The molecule has 136 valence electrons. The van der Waals surface area contributed by atoms with Crippen LogP contribution in [0, 0.1) is 5.92 Å². The molecule has 0 aliphatic carbocycles. The number of primary amides is 1. The van der Waals surface area contributed by atoms with Crippen molar-refractivity contribution in [2.24, 2.45) is 11.7 Å². The third-order valence-electron chi connectivity index (χ3n) is 4.19. The third-order valence-corrected chi connectivity index (χ3v) is 5.19. The number of hydrogen-bond donors (Lipinski definition) is 1. The van der Waals surface area contributed by atoms with Crippen LogP contribution >= 0.6 is 11.3 Å². The minimum Gasteiger partial charge on any atom is -0.452 e. The first-order chi connectivity index (χ1) is 12.5. The van der Waals surface area contributed by atoms with Crippen LogP contribution in [0.25, 0.3) is 16.3 Å². The number of amides is 2. The number of carbonyl (C=O) groups is 3. The summed E-state index contributed by atoms with van der Waals surface area (Å²) in [5, 5.41) is 0.690. The number of nitrogens with zero attached hydrogens (tertiary/aromatic N) is 2. The van der Waals surface area contributed by atoms with Crippen LogP contribution in [0.1, 0.15) is 17.8 Å². The number of likely N-dealkylation sites (tertiary alicyclic amines) is 1. The van der Waals surface area contributed by atoms with Crippen molar-refractivity contribution in [2.45, 2.75) is 12.8 Å². The second kappa shape index (κ2) is 8.09. The fourth-order valence-electron chi connectivity index (χ4n) is 2.81. The van der Waals surface area contributed by atoms with E-state index >= 15 is 0 Å². The highest BCUT2D eigenvalue weighted by Crippen LogP contribution is 2.22. The van der Waals surface area contributed by atoms with Crippen molar-refractivity contribution in [1.29, 1.82) is 0 Å². The molecule has 26 heavy (non-hydrogen) atoms. The first kappa shape index (κ1) is 18.1. The molecule has 7 nitrogen and oxygen atoms in total. The van der Waals surface area contributed by atoms with Crippen LogP contribution in [0.5, 0.6) is 0 Å². The Hall–Kier alpha value is -2.74. The SMILES string of the molecule is NC(=O)[C@@H]1CCCN(C(=O)COC(=O)/C=C/c2nc3ccccc3s2)C1. The van der Waals surface area contributed by atoms with E-state index in [1.54, 1.807) is 6.08 Å². The molecule has 0 radical (unpaired) electrons. The number of rotatable bonds is 5. The second-order valence-electron chi connectivity index (χ2n) is 6.04. The van der Waals surface area contributed by atoms with Gasteiger partial charge in [-0.2, -0.15) is 0 Å². The van der Waals surface area contributed by atoms with Gasteiger partial charge in [-0.3, -0.25) is 9.59 Å². The van der Waals surface area contributed by atoms with Gasteiger partial charge in [0.25, 0.3) is 5.91 Å². The van der Waals surface area contributed by atoms with Crippen molar-refractivity contribution < 1.29 is 19.1 Å². The Kier molecular flexibility index (Phi) is 5.62. The van der Waals surface area contributed by atoms with Gasteiger partial charge in [0.2, 0.25) is 5.91 Å². The molecule has 1 aromatic heterocycles. The van der Waals surface area contributed by atoms with Crippen molar-refractivity contribution in [1.82, 2.24) is 9.88 Å². The Balaban J connectivity index is 1.50. The van der Waals surface area contributed by atoms with E-state index in [9.17, 15) is 14.4 Å². The lowest BCUT2D eigenvalue weighted by molar-refractivity contribution is -0.149. The molecule has 1 aliphatic rings. The molecule has 3 rings (SSSR count). The monoisotopic (exact) mass is 373 g/mol. The van der Waals surface area contributed by atoms with Gasteiger partial charge in [0.05, 0.1) is 16.1 Å². The Labute approximate surface area is 154 Å². The molecule has 0 unspecified atom stereocenters. The summed E-state index contributed by atoms with van der Waals surface area (Å²) in [6.45, 7) is 0.476. The molecule has 2 aromatic rings. The zero-order valence-electron chi connectivity index (χ0n) is 14.1. The summed E-state index contributed by atoms with van der Waals surface area (Å²) >= 11 is 1.46. The van der Waals surface area contributed by atoms with E-state index in [2.05, 4.69) is 4.98 Å². The first-order valence-electron chi connectivity index (χ1n) is 8.30. The first-order valence-corrected chi connectivity index (χ1v) is 9.12. The Bertz CT molecular complexity index is 828. The van der Waals surface area contributed by atoms with E-state index in [-0.39, 0.29) is 25.0 Å².